The molecule has 0 aromatic heterocycles. The number of benzene rings is 3. The number of carbonyl (C=O) groups is 2. The van der Waals surface area contributed by atoms with Gasteiger partial charge >= 0.3 is 0 Å². The molecule has 166 valence electrons. The Morgan fingerprint density at radius 3 is 2.44 bits per heavy atom. The van der Waals surface area contributed by atoms with Gasteiger partial charge in [-0.15, -0.1) is 5.53 Å². The maximum absolute atomic E-state index is 13.1. The number of nitrogens with zero attached hydrogens (tertiary/aromatic N) is 1. The second-order valence-corrected chi connectivity index (χ2v) is 7.86. The zero-order valence-corrected chi connectivity index (χ0v) is 19.3. The first-order chi connectivity index (χ1) is 15.6. The van der Waals surface area contributed by atoms with E-state index in [0.29, 0.717) is 18.0 Å². The van der Waals surface area contributed by atoms with Gasteiger partial charge < -0.3 is 15.1 Å². The van der Waals surface area contributed by atoms with Crippen LogP contribution in [-0.4, -0.2) is 18.9 Å². The molecular formula is C24H25BrN4O3. The highest BCUT2D eigenvalue weighted by atomic mass is 79.9. The van der Waals surface area contributed by atoms with Gasteiger partial charge in [0.25, 0.3) is 0 Å². The highest BCUT2D eigenvalue weighted by Crippen LogP contribution is 2.30. The maximum atomic E-state index is 13.1. The average Bonchev–Trinajstić information content (AvgIpc) is 2.82. The van der Waals surface area contributed by atoms with Crippen molar-refractivity contribution in [3.8, 4) is 5.75 Å². The van der Waals surface area contributed by atoms with Crippen molar-refractivity contribution in [2.45, 2.75) is 19.4 Å². The van der Waals surface area contributed by atoms with Gasteiger partial charge in [0, 0.05) is 17.3 Å². The van der Waals surface area contributed by atoms with Crippen molar-refractivity contribution in [1.29, 1.82) is 0 Å². The molecule has 0 unspecified atom stereocenters. The van der Waals surface area contributed by atoms with E-state index in [2.05, 4.69) is 32.3 Å². The monoisotopic (exact) mass is 496 g/mol. The van der Waals surface area contributed by atoms with Crippen LogP contribution in [0.25, 0.3) is 0 Å². The number of amides is 2. The highest BCUT2D eigenvalue weighted by molar-refractivity contribution is 9.10. The summed E-state index contributed by atoms with van der Waals surface area (Å²) in [6.07, 6.45) is 0.0807. The summed E-state index contributed by atoms with van der Waals surface area (Å²) in [4.78, 5) is 27.0. The van der Waals surface area contributed by atoms with Crippen molar-refractivity contribution in [2.24, 2.45) is 0 Å². The minimum atomic E-state index is -0.302. The standard InChI is InChI=1S/C24H25BrN4O3/c1-32-22-13-6-5-12-21(22)29(17-18-8-7-9-19(25)16-18)24(31)15-14-23(30)27-28-26-20-10-3-2-4-11-20/h2-13,16,26,28H,14-15,17H2,1H3,(H,27,30). The summed E-state index contributed by atoms with van der Waals surface area (Å²) in [6.45, 7) is 0.355. The Kier molecular flexibility index (Phi) is 8.65. The Morgan fingerprint density at radius 1 is 0.938 bits per heavy atom. The van der Waals surface area contributed by atoms with E-state index in [1.54, 1.807) is 12.0 Å². The normalized spacial score (nSPS) is 10.3. The number of hydrazine groups is 2. The zero-order valence-electron chi connectivity index (χ0n) is 17.7. The Bertz CT molecular complexity index is 1050. The van der Waals surface area contributed by atoms with E-state index < -0.39 is 0 Å². The van der Waals surface area contributed by atoms with Gasteiger partial charge in [0.2, 0.25) is 11.8 Å². The molecule has 2 amide bonds. The molecule has 3 aromatic rings. The molecular weight excluding hydrogens is 472 g/mol. The van der Waals surface area contributed by atoms with Gasteiger partial charge in [0.15, 0.2) is 0 Å². The van der Waals surface area contributed by atoms with Gasteiger partial charge in [-0.05, 0) is 42.0 Å². The third-order valence-electron chi connectivity index (χ3n) is 4.66. The lowest BCUT2D eigenvalue weighted by molar-refractivity contribution is -0.125. The predicted molar refractivity (Wildman–Crippen MR) is 129 cm³/mol. The number of anilines is 2. The van der Waals surface area contributed by atoms with Gasteiger partial charge in [-0.25, -0.2) is 0 Å². The van der Waals surface area contributed by atoms with Gasteiger partial charge in [-0.3, -0.25) is 15.0 Å². The van der Waals surface area contributed by atoms with Crippen LogP contribution < -0.4 is 26.0 Å². The second-order valence-electron chi connectivity index (χ2n) is 6.95. The van der Waals surface area contributed by atoms with Gasteiger partial charge in [0.05, 0.1) is 25.0 Å². The quantitative estimate of drug-likeness (QED) is 0.362. The first-order valence-electron chi connectivity index (χ1n) is 10.1. The maximum Gasteiger partial charge on any atom is 0.236 e. The smallest absolute Gasteiger partial charge is 0.236 e. The van der Waals surface area contributed by atoms with Crippen LogP contribution in [0.1, 0.15) is 18.4 Å². The van der Waals surface area contributed by atoms with E-state index in [1.807, 2.05) is 78.9 Å². The van der Waals surface area contributed by atoms with Crippen LogP contribution in [0.3, 0.4) is 0 Å². The third kappa shape index (κ3) is 6.83. The summed E-state index contributed by atoms with van der Waals surface area (Å²) in [7, 11) is 1.57. The number of hydrogen-bond donors (Lipinski definition) is 3. The largest absolute Gasteiger partial charge is 0.495 e. The summed E-state index contributed by atoms with van der Waals surface area (Å²) in [5.74, 6) is 0.110. The number of methoxy groups -OCH3 is 1. The molecule has 7 nitrogen and oxygen atoms in total. The fraction of sp³-hybridized carbons (Fsp3) is 0.167. The minimum Gasteiger partial charge on any atom is -0.495 e. The lowest BCUT2D eigenvalue weighted by Crippen LogP contribution is -2.41. The molecule has 0 aliphatic carbocycles. The first-order valence-corrected chi connectivity index (χ1v) is 10.9. The van der Waals surface area contributed by atoms with Gasteiger partial charge in [-0.2, -0.15) is 0 Å². The SMILES string of the molecule is COc1ccccc1N(Cc1cccc(Br)c1)C(=O)CCC(=O)NNNc1ccccc1. The van der Waals surface area contributed by atoms with Crippen LogP contribution in [0.15, 0.2) is 83.3 Å². The highest BCUT2D eigenvalue weighted by Gasteiger charge is 2.20. The van der Waals surface area contributed by atoms with Crippen LogP contribution in [-0.2, 0) is 16.1 Å². The summed E-state index contributed by atoms with van der Waals surface area (Å²) in [6, 6.07) is 24.5. The number of carbonyl (C=O) groups excluding carboxylic acids is 2. The van der Waals surface area contributed by atoms with Crippen LogP contribution in [0.5, 0.6) is 5.75 Å². The minimum absolute atomic E-state index is 0.0342. The molecule has 0 spiro atoms. The molecule has 0 bridgehead atoms. The van der Waals surface area contributed by atoms with Crippen LogP contribution in [0.2, 0.25) is 0 Å². The summed E-state index contributed by atoms with van der Waals surface area (Å²) < 4.78 is 6.39. The number of halogens is 1. The predicted octanol–water partition coefficient (Wildman–Crippen LogP) is 4.42. The van der Waals surface area contributed by atoms with Crippen LogP contribution in [0.4, 0.5) is 11.4 Å². The molecule has 0 aliphatic heterocycles. The number of nitrogens with one attached hydrogen (secondary N) is 3. The molecule has 0 fully saturated rings. The molecule has 32 heavy (non-hydrogen) atoms. The molecule has 0 aliphatic rings. The van der Waals surface area contributed by atoms with Crippen molar-refractivity contribution in [3.05, 3.63) is 88.9 Å². The van der Waals surface area contributed by atoms with Crippen LogP contribution in [0, 0.1) is 0 Å². The number of para-hydroxylation sites is 3. The molecule has 3 N–H and O–H groups in total. The molecule has 3 rings (SSSR count). The van der Waals surface area contributed by atoms with E-state index >= 15 is 0 Å². The van der Waals surface area contributed by atoms with Crippen molar-refractivity contribution >= 4 is 39.1 Å². The lowest BCUT2D eigenvalue weighted by Gasteiger charge is -2.25. The Morgan fingerprint density at radius 2 is 1.69 bits per heavy atom. The lowest BCUT2D eigenvalue weighted by atomic mass is 10.1. The van der Waals surface area contributed by atoms with E-state index in [1.165, 1.54) is 0 Å². The molecule has 8 heteroatoms. The zero-order chi connectivity index (χ0) is 22.8. The molecule has 0 saturated carbocycles. The Labute approximate surface area is 195 Å². The van der Waals surface area contributed by atoms with Crippen LogP contribution >= 0.6 is 15.9 Å². The topological polar surface area (TPSA) is 82.7 Å². The van der Waals surface area contributed by atoms with Crippen molar-refractivity contribution in [1.82, 2.24) is 11.0 Å². The third-order valence-corrected chi connectivity index (χ3v) is 5.15. The average molecular weight is 497 g/mol. The van der Waals surface area contributed by atoms with E-state index in [0.717, 1.165) is 15.7 Å². The molecule has 0 saturated heterocycles. The van der Waals surface area contributed by atoms with E-state index in [-0.39, 0.29) is 24.7 Å². The fourth-order valence-corrected chi connectivity index (χ4v) is 3.54. The van der Waals surface area contributed by atoms with Crippen molar-refractivity contribution in [2.75, 3.05) is 17.4 Å². The number of hydrogen-bond acceptors (Lipinski definition) is 5. The summed E-state index contributed by atoms with van der Waals surface area (Å²) in [5.41, 5.74) is 10.5. The fourth-order valence-electron chi connectivity index (χ4n) is 3.09. The van der Waals surface area contributed by atoms with Gasteiger partial charge in [0.1, 0.15) is 5.75 Å². The van der Waals surface area contributed by atoms with Crippen molar-refractivity contribution in [3.63, 3.8) is 0 Å². The second kappa shape index (κ2) is 11.9. The summed E-state index contributed by atoms with van der Waals surface area (Å²) in [5, 5.41) is 0. The molecule has 3 aromatic carbocycles. The Balaban J connectivity index is 1.63. The number of ether oxygens (including phenoxy) is 1. The van der Waals surface area contributed by atoms with Gasteiger partial charge in [-0.1, -0.05) is 58.4 Å². The summed E-state index contributed by atoms with van der Waals surface area (Å²) >= 11 is 3.47. The van der Waals surface area contributed by atoms with E-state index in [9.17, 15) is 9.59 Å². The van der Waals surface area contributed by atoms with Crippen molar-refractivity contribution < 1.29 is 14.3 Å². The van der Waals surface area contributed by atoms with E-state index in [4.69, 9.17) is 4.74 Å². The first kappa shape index (κ1) is 23.3. The molecule has 0 heterocycles. The molecule has 0 atom stereocenters. The number of rotatable bonds is 10. The molecule has 0 radical (unpaired) electrons. The Hall–Kier alpha value is -3.36.